The van der Waals surface area contributed by atoms with Crippen molar-refractivity contribution in [2.24, 2.45) is 0 Å². The fourth-order valence-electron chi connectivity index (χ4n) is 1.11. The summed E-state index contributed by atoms with van der Waals surface area (Å²) in [7, 11) is 0. The van der Waals surface area contributed by atoms with E-state index < -0.39 is 29.9 Å². The van der Waals surface area contributed by atoms with Crippen molar-refractivity contribution < 1.29 is 73.5 Å². The van der Waals surface area contributed by atoms with Crippen LogP contribution in [0.4, 0.5) is 23.0 Å². The van der Waals surface area contributed by atoms with E-state index in [4.69, 9.17) is 0 Å². The van der Waals surface area contributed by atoms with E-state index >= 15 is 0 Å². The van der Waals surface area contributed by atoms with E-state index in [1.165, 1.54) is 0 Å². The van der Waals surface area contributed by atoms with Crippen molar-refractivity contribution in [1.82, 2.24) is 0 Å². The van der Waals surface area contributed by atoms with E-state index in [2.05, 4.69) is 0 Å². The zero-order valence-electron chi connectivity index (χ0n) is 8.73. The third-order valence-electron chi connectivity index (χ3n) is 1.68. The fourth-order valence-corrected chi connectivity index (χ4v) is 1.11. The van der Waals surface area contributed by atoms with Gasteiger partial charge in [0.1, 0.15) is 5.82 Å². The van der Waals surface area contributed by atoms with Crippen LogP contribution in [0, 0.1) is 5.82 Å². The number of benzene rings is 1. The van der Waals surface area contributed by atoms with Crippen LogP contribution in [-0.2, 0) is 4.79 Å². The number of amides is 1. The molecule has 0 radical (unpaired) electrons. The van der Waals surface area contributed by atoms with Crippen molar-refractivity contribution in [1.29, 1.82) is 0 Å². The minimum Gasteiger partial charge on any atom is -0.445 e. The van der Waals surface area contributed by atoms with Crippen molar-refractivity contribution in [2.75, 3.05) is 5.32 Å². The van der Waals surface area contributed by atoms with Gasteiger partial charge in [0.15, 0.2) is 0 Å². The molecule has 16 heavy (non-hydrogen) atoms. The average Bonchev–Trinajstić information content (AvgIpc) is 1.99. The molecule has 1 aromatic rings. The number of carbonyl (C=O) groups is 1. The van der Waals surface area contributed by atoms with Gasteiger partial charge in [0, 0.05) is 12.6 Å². The Morgan fingerprint density at radius 3 is 2.31 bits per heavy atom. The number of anilines is 1. The van der Waals surface area contributed by atoms with Gasteiger partial charge in [-0.25, -0.2) is 4.39 Å². The summed E-state index contributed by atoms with van der Waals surface area (Å²) in [6, 6.07) is 1.96. The first kappa shape index (κ1) is 16.1. The van der Waals surface area contributed by atoms with Gasteiger partial charge in [0.05, 0.1) is 0 Å². The number of hydrogen-bond acceptors (Lipinski definition) is 1. The zero-order valence-corrected chi connectivity index (χ0v) is 11.9. The van der Waals surface area contributed by atoms with Crippen LogP contribution in [-0.4, -0.2) is 12.9 Å². The van der Waals surface area contributed by atoms with Crippen molar-refractivity contribution in [3.63, 3.8) is 0 Å². The molecule has 82 valence electrons. The molecule has 0 bridgehead atoms. The van der Waals surface area contributed by atoms with Crippen molar-refractivity contribution in [3.8, 4) is 0 Å². The van der Waals surface area contributed by atoms with E-state index in [0.717, 1.165) is 6.92 Å². The monoisotopic (exact) mass is 259 g/mol. The van der Waals surface area contributed by atoms with Gasteiger partial charge in [-0.1, -0.05) is 11.5 Å². The smallest absolute Gasteiger partial charge is 0.445 e. The Balaban J connectivity index is 0.00000225. The van der Waals surface area contributed by atoms with Crippen LogP contribution >= 0.6 is 0 Å². The quantitative estimate of drug-likeness (QED) is 0.527. The molecule has 0 aliphatic carbocycles. The second kappa shape index (κ2) is 6.15. The average molecular weight is 259 g/mol. The molecule has 0 fully saturated rings. The van der Waals surface area contributed by atoms with E-state index in [0.29, 0.717) is 18.2 Å². The molecule has 0 aliphatic heterocycles. The maximum absolute atomic E-state index is 12.7. The molecule has 0 heterocycles. The van der Waals surface area contributed by atoms with E-state index in [1.807, 2.05) is 5.32 Å². The molecule has 0 aromatic heterocycles. The van der Waals surface area contributed by atoms with Gasteiger partial charge >= 0.3 is 58.4 Å². The fraction of sp³-hybridized carbons (Fsp3) is 0.125. The predicted molar refractivity (Wildman–Crippen MR) is 49.4 cm³/mol. The molecule has 0 saturated heterocycles. The van der Waals surface area contributed by atoms with Crippen molar-refractivity contribution in [2.45, 2.75) is 6.92 Å². The predicted octanol–water partition coefficient (Wildman–Crippen LogP) is -1.16. The third kappa shape index (κ3) is 4.54. The van der Waals surface area contributed by atoms with E-state index in [-0.39, 0.29) is 51.4 Å². The largest absolute Gasteiger partial charge is 1.00 e. The van der Waals surface area contributed by atoms with Gasteiger partial charge in [-0.3, -0.25) is 4.79 Å². The van der Waals surface area contributed by atoms with Crippen LogP contribution in [0.25, 0.3) is 0 Å². The molecule has 2 nitrogen and oxygen atoms in total. The molecule has 1 N–H and O–H groups in total. The van der Waals surface area contributed by atoms with Crippen LogP contribution in [0.5, 0.6) is 0 Å². The number of carbonyl (C=O) groups excluding carboxylic acids is 1. The van der Waals surface area contributed by atoms with Crippen LogP contribution in [0.1, 0.15) is 6.92 Å². The van der Waals surface area contributed by atoms with Crippen LogP contribution in [0.2, 0.25) is 0 Å². The molecule has 1 amide bonds. The minimum absolute atomic E-state index is 0. The maximum atomic E-state index is 12.7. The SMILES string of the molecule is CC(=O)Nc1cc(F)ccc1[B-](F)(F)F.[K+]. The summed E-state index contributed by atoms with van der Waals surface area (Å²) < 4.78 is 49.9. The van der Waals surface area contributed by atoms with Crippen LogP contribution < -0.4 is 62.2 Å². The molecular formula is C8H7BF4KNO. The molecule has 1 aromatic carbocycles. The van der Waals surface area contributed by atoms with Gasteiger partial charge in [-0.05, 0) is 12.1 Å². The molecule has 0 spiro atoms. The van der Waals surface area contributed by atoms with Gasteiger partial charge in [0.2, 0.25) is 5.91 Å². The molecule has 1 rings (SSSR count). The Hall–Kier alpha value is 0.111. The third-order valence-corrected chi connectivity index (χ3v) is 1.68. The summed E-state index contributed by atoms with van der Waals surface area (Å²) in [5.74, 6) is -1.51. The Bertz CT molecular complexity index is 396. The zero-order chi connectivity index (χ0) is 11.6. The molecular weight excluding hydrogens is 252 g/mol. The summed E-state index contributed by atoms with van der Waals surface area (Å²) in [6.45, 7) is -4.21. The van der Waals surface area contributed by atoms with E-state index in [9.17, 15) is 22.1 Å². The molecule has 0 unspecified atom stereocenters. The summed E-state index contributed by atoms with van der Waals surface area (Å²) in [4.78, 5) is 10.6. The standard InChI is InChI=1S/C8H7BF4NO.K/c1-5(15)14-8-4-6(10)2-3-7(8)9(11,12)13;/h2-4H,1H3,(H,14,15);/q-1;+1. The summed E-state index contributed by atoms with van der Waals surface area (Å²) in [5, 5.41) is 1.94. The van der Waals surface area contributed by atoms with Gasteiger partial charge in [-0.15, -0.1) is 0 Å². The first-order chi connectivity index (χ1) is 6.80. The van der Waals surface area contributed by atoms with Crippen molar-refractivity contribution in [3.05, 3.63) is 24.0 Å². The first-order valence-electron chi connectivity index (χ1n) is 4.07. The molecule has 0 aliphatic rings. The Labute approximate surface area is 132 Å². The number of hydrogen-bond donors (Lipinski definition) is 1. The van der Waals surface area contributed by atoms with Gasteiger partial charge < -0.3 is 18.3 Å². The van der Waals surface area contributed by atoms with E-state index in [1.54, 1.807) is 0 Å². The summed E-state index contributed by atoms with van der Waals surface area (Å²) in [6.07, 6.45) is 0. The maximum Gasteiger partial charge on any atom is 1.00 e. The number of rotatable bonds is 2. The first-order valence-corrected chi connectivity index (χ1v) is 4.07. The minimum atomic E-state index is -5.26. The normalized spacial score (nSPS) is 10.6. The van der Waals surface area contributed by atoms with Crippen molar-refractivity contribution >= 4 is 24.0 Å². The Kier molecular flexibility index (Phi) is 6.20. The van der Waals surface area contributed by atoms with Crippen LogP contribution in [0.3, 0.4) is 0 Å². The summed E-state index contributed by atoms with van der Waals surface area (Å²) in [5.41, 5.74) is -1.55. The molecule has 0 saturated carbocycles. The number of halogens is 4. The Morgan fingerprint density at radius 1 is 1.31 bits per heavy atom. The van der Waals surface area contributed by atoms with Gasteiger partial charge in [0.25, 0.3) is 0 Å². The summed E-state index contributed by atoms with van der Waals surface area (Å²) >= 11 is 0. The number of nitrogens with one attached hydrogen (secondary N) is 1. The van der Waals surface area contributed by atoms with Crippen LogP contribution in [0.15, 0.2) is 18.2 Å². The van der Waals surface area contributed by atoms with Gasteiger partial charge in [-0.2, -0.15) is 0 Å². The Morgan fingerprint density at radius 2 is 1.88 bits per heavy atom. The topological polar surface area (TPSA) is 29.1 Å². The second-order valence-electron chi connectivity index (χ2n) is 2.99. The second-order valence-corrected chi connectivity index (χ2v) is 2.99. The molecule has 8 heteroatoms. The molecule has 0 atom stereocenters.